The summed E-state index contributed by atoms with van der Waals surface area (Å²) < 4.78 is 15.8. The van der Waals surface area contributed by atoms with Crippen LogP contribution in [-0.4, -0.2) is 81.9 Å². The standard InChI is InChI=1S/C57H64N6O7S/c1-7-62(42-14-12-13-36(2)29-42)53(65)35-63-47-25-28-71-52(47)34-48(63)49(64)30-37-15-17-38(18-16-37)54(66)58-26-10-8-9-11-27-59-55(67)39-19-22-43-46(31-39)57(70-56(43)68)44-23-20-40(60(3)4)32-50(44)69-51-33-41(61(5)6)21-24-45(51)57/h12-14,19-25,28-29,31-34,37-38H,7-11,15-18,26-27,30,35H2,1-6H3,(H,58,66)(H,59,67). The molecule has 4 heterocycles. The number of Topliss-reactive ketones (excluding diaryl/α,β-unsaturated/α-hetero) is 1. The number of hydrogen-bond donors (Lipinski definition) is 2. The SMILES string of the molecule is CCN(C(=O)Cn1c(C(=O)CC2CCC(C(=O)NCCCCCCNC(=O)c3ccc4c(c3)C3(OC4=O)c4ccc(N(C)C)cc4Oc4cc(N(C)C)ccc43)CC2)cc2sccc21)c1cccc(C)c1. The van der Waals surface area contributed by atoms with Crippen LogP contribution in [0.4, 0.5) is 17.1 Å². The number of anilines is 3. The maximum atomic E-state index is 13.9. The minimum atomic E-state index is -1.30. The normalized spacial score (nSPS) is 16.3. The van der Waals surface area contributed by atoms with Crippen molar-refractivity contribution in [1.82, 2.24) is 15.2 Å². The van der Waals surface area contributed by atoms with Crippen molar-refractivity contribution >= 4 is 68.1 Å². The van der Waals surface area contributed by atoms with Gasteiger partial charge in [0.2, 0.25) is 11.8 Å². The molecule has 1 aliphatic carbocycles. The number of likely N-dealkylation sites (N-methyl/N-ethyl adjacent to an activating group) is 1. The molecule has 0 bridgehead atoms. The van der Waals surface area contributed by atoms with Crippen molar-refractivity contribution in [1.29, 1.82) is 0 Å². The summed E-state index contributed by atoms with van der Waals surface area (Å²) in [5.74, 6) is 0.663. The molecule has 9 rings (SSSR count). The third kappa shape index (κ3) is 9.91. The number of carbonyl (C=O) groups is 5. The van der Waals surface area contributed by atoms with Crippen LogP contribution in [0.2, 0.25) is 0 Å². The molecule has 0 atom stereocenters. The molecule has 370 valence electrons. The highest BCUT2D eigenvalue weighted by atomic mass is 32.1. The van der Waals surface area contributed by atoms with Crippen LogP contribution in [0.25, 0.3) is 10.2 Å². The van der Waals surface area contributed by atoms with Crippen molar-refractivity contribution in [3.8, 4) is 11.5 Å². The van der Waals surface area contributed by atoms with Gasteiger partial charge in [-0.05, 0) is 136 Å². The molecule has 13 nitrogen and oxygen atoms in total. The third-order valence-electron chi connectivity index (χ3n) is 14.5. The molecular weight excluding hydrogens is 913 g/mol. The molecule has 4 aromatic carbocycles. The fourth-order valence-corrected chi connectivity index (χ4v) is 11.4. The minimum absolute atomic E-state index is 0.0442. The van der Waals surface area contributed by atoms with Gasteiger partial charge < -0.3 is 39.4 Å². The number of rotatable bonds is 18. The van der Waals surface area contributed by atoms with Crippen molar-refractivity contribution < 1.29 is 33.4 Å². The van der Waals surface area contributed by atoms with Crippen LogP contribution in [0.1, 0.15) is 118 Å². The van der Waals surface area contributed by atoms with Crippen molar-refractivity contribution in [2.45, 2.75) is 83.8 Å². The number of ketones is 1. The second-order valence-electron chi connectivity index (χ2n) is 19.7. The molecule has 1 saturated carbocycles. The summed E-state index contributed by atoms with van der Waals surface area (Å²) in [5, 5.41) is 8.21. The number of hydrogen-bond acceptors (Lipinski definition) is 10. The Morgan fingerprint density at radius 3 is 2.07 bits per heavy atom. The van der Waals surface area contributed by atoms with Gasteiger partial charge in [0, 0.05) is 112 Å². The zero-order valence-corrected chi connectivity index (χ0v) is 42.5. The van der Waals surface area contributed by atoms with Gasteiger partial charge in [-0.25, -0.2) is 4.79 Å². The minimum Gasteiger partial charge on any atom is -0.456 e. The van der Waals surface area contributed by atoms with Crippen LogP contribution < -0.4 is 30.1 Å². The molecule has 14 heteroatoms. The van der Waals surface area contributed by atoms with Crippen molar-refractivity contribution in [3.05, 3.63) is 135 Å². The smallest absolute Gasteiger partial charge is 0.340 e. The summed E-state index contributed by atoms with van der Waals surface area (Å²) in [4.78, 5) is 73.7. The Hall–Kier alpha value is -6.93. The maximum absolute atomic E-state index is 13.9. The van der Waals surface area contributed by atoms with E-state index in [9.17, 15) is 24.0 Å². The summed E-state index contributed by atoms with van der Waals surface area (Å²) in [6.07, 6.45) is 6.93. The van der Waals surface area contributed by atoms with Crippen LogP contribution in [0, 0.1) is 18.8 Å². The number of thiophene rings is 1. The van der Waals surface area contributed by atoms with E-state index in [1.165, 1.54) is 0 Å². The lowest BCUT2D eigenvalue weighted by Crippen LogP contribution is -2.35. The lowest BCUT2D eigenvalue weighted by Gasteiger charge is -2.37. The number of amides is 3. The summed E-state index contributed by atoms with van der Waals surface area (Å²) in [6, 6.07) is 28.7. The fraction of sp³-hybridized carbons (Fsp3) is 0.386. The lowest BCUT2D eigenvalue weighted by molar-refractivity contribution is -0.126. The zero-order chi connectivity index (χ0) is 50.0. The first kappa shape index (κ1) is 49.1. The first-order valence-corrected chi connectivity index (χ1v) is 25.9. The lowest BCUT2D eigenvalue weighted by atomic mass is 9.77. The van der Waals surface area contributed by atoms with Gasteiger partial charge in [0.05, 0.1) is 21.5 Å². The summed E-state index contributed by atoms with van der Waals surface area (Å²) in [7, 11) is 7.83. The van der Waals surface area contributed by atoms with E-state index < -0.39 is 11.6 Å². The van der Waals surface area contributed by atoms with Gasteiger partial charge in [0.1, 0.15) is 18.0 Å². The number of nitrogens with zero attached hydrogens (tertiary/aromatic N) is 4. The van der Waals surface area contributed by atoms with Crippen molar-refractivity contribution in [3.63, 3.8) is 0 Å². The van der Waals surface area contributed by atoms with Gasteiger partial charge in [-0.2, -0.15) is 0 Å². The van der Waals surface area contributed by atoms with Crippen LogP contribution in [0.15, 0.2) is 96.4 Å². The van der Waals surface area contributed by atoms with E-state index in [2.05, 4.69) is 10.6 Å². The predicted octanol–water partition coefficient (Wildman–Crippen LogP) is 10.3. The number of nitrogens with one attached hydrogen (secondary N) is 2. The van der Waals surface area contributed by atoms with E-state index in [1.54, 1.807) is 34.4 Å². The third-order valence-corrected chi connectivity index (χ3v) is 15.3. The molecule has 3 aliphatic rings. The molecule has 6 aromatic rings. The molecule has 3 amide bonds. The zero-order valence-electron chi connectivity index (χ0n) is 41.6. The number of ether oxygens (including phenoxy) is 2. The number of aromatic nitrogens is 1. The van der Waals surface area contributed by atoms with Crippen LogP contribution in [0.5, 0.6) is 11.5 Å². The quantitative estimate of drug-likeness (QED) is 0.0489. The molecule has 1 fully saturated rings. The Morgan fingerprint density at radius 1 is 0.746 bits per heavy atom. The van der Waals surface area contributed by atoms with Gasteiger partial charge in [0.25, 0.3) is 5.91 Å². The Morgan fingerprint density at radius 2 is 1.42 bits per heavy atom. The van der Waals surface area contributed by atoms with Gasteiger partial charge in [-0.3, -0.25) is 19.2 Å². The van der Waals surface area contributed by atoms with Crippen LogP contribution >= 0.6 is 11.3 Å². The summed E-state index contributed by atoms with van der Waals surface area (Å²) >= 11 is 1.57. The number of fused-ring (bicyclic) bond motifs is 7. The first-order chi connectivity index (χ1) is 34.2. The molecule has 0 saturated heterocycles. The number of unbranched alkanes of at least 4 members (excludes halogenated alkanes) is 3. The van der Waals surface area contributed by atoms with E-state index in [-0.39, 0.29) is 41.9 Å². The van der Waals surface area contributed by atoms with Crippen LogP contribution in [-0.2, 0) is 26.5 Å². The monoisotopic (exact) mass is 976 g/mol. The summed E-state index contributed by atoms with van der Waals surface area (Å²) in [5.41, 5.74) is 6.82. The van der Waals surface area contributed by atoms with E-state index in [1.807, 2.05) is 135 Å². The number of benzene rings is 4. The molecule has 0 radical (unpaired) electrons. The molecule has 0 unspecified atom stereocenters. The molecule has 2 N–H and O–H groups in total. The van der Waals surface area contributed by atoms with E-state index in [0.29, 0.717) is 71.1 Å². The Balaban J connectivity index is 0.725. The average molecular weight is 977 g/mol. The van der Waals surface area contributed by atoms with E-state index >= 15 is 0 Å². The highest BCUT2D eigenvalue weighted by Gasteiger charge is 2.54. The maximum Gasteiger partial charge on any atom is 0.340 e. The van der Waals surface area contributed by atoms with Crippen molar-refractivity contribution in [2.24, 2.45) is 11.8 Å². The van der Waals surface area contributed by atoms with Crippen LogP contribution in [0.3, 0.4) is 0 Å². The number of esters is 1. The second kappa shape index (κ2) is 20.8. The Bertz CT molecular complexity index is 2940. The van der Waals surface area contributed by atoms with Gasteiger partial charge in [0.15, 0.2) is 11.4 Å². The highest BCUT2D eigenvalue weighted by Crippen LogP contribution is 2.57. The molecule has 71 heavy (non-hydrogen) atoms. The topological polar surface area (TPSA) is 143 Å². The largest absolute Gasteiger partial charge is 0.456 e. The van der Waals surface area contributed by atoms with Gasteiger partial charge in [-0.1, -0.05) is 25.0 Å². The number of carbonyl (C=O) groups excluding carboxylic acids is 5. The molecule has 2 aliphatic heterocycles. The van der Waals surface area contributed by atoms with E-state index in [4.69, 9.17) is 9.47 Å². The van der Waals surface area contributed by atoms with Gasteiger partial charge in [-0.15, -0.1) is 11.3 Å². The number of aryl methyl sites for hydroxylation is 1. The molecule has 2 aromatic heterocycles. The molecule has 1 spiro atoms. The Labute approximate surface area is 420 Å². The van der Waals surface area contributed by atoms with Crippen molar-refractivity contribution in [2.75, 3.05) is 62.5 Å². The average Bonchev–Trinajstić information content (AvgIpc) is 4.05. The Kier molecular flexibility index (Phi) is 14.4. The summed E-state index contributed by atoms with van der Waals surface area (Å²) in [6.45, 7) is 5.68. The first-order valence-electron chi connectivity index (χ1n) is 25.0. The predicted molar refractivity (Wildman–Crippen MR) is 281 cm³/mol. The fourth-order valence-electron chi connectivity index (χ4n) is 10.6. The molecular formula is C57H64N6O7S. The highest BCUT2D eigenvalue weighted by molar-refractivity contribution is 7.17. The van der Waals surface area contributed by atoms with Gasteiger partial charge >= 0.3 is 5.97 Å². The van der Waals surface area contributed by atoms with E-state index in [0.717, 1.165) is 84.2 Å². The second-order valence-corrected chi connectivity index (χ2v) is 20.6.